The molecule has 0 saturated heterocycles. The highest BCUT2D eigenvalue weighted by Gasteiger charge is 2.48. The van der Waals surface area contributed by atoms with Gasteiger partial charge in [-0.05, 0) is 70.7 Å². The molecule has 1 aromatic rings. The van der Waals surface area contributed by atoms with Crippen molar-refractivity contribution in [3.05, 3.63) is 28.2 Å². The van der Waals surface area contributed by atoms with E-state index < -0.39 is 49.7 Å². The van der Waals surface area contributed by atoms with Crippen LogP contribution in [0.5, 0.6) is 0 Å². The van der Waals surface area contributed by atoms with E-state index in [-0.39, 0.29) is 29.0 Å². The van der Waals surface area contributed by atoms with Gasteiger partial charge >= 0.3 is 12.1 Å². The zero-order chi connectivity index (χ0) is 31.6. The van der Waals surface area contributed by atoms with Gasteiger partial charge in [-0.25, -0.2) is 8.42 Å². The number of halogens is 4. The minimum Gasteiger partial charge on any atom is -0.481 e. The van der Waals surface area contributed by atoms with Crippen molar-refractivity contribution >= 4 is 31.7 Å². The van der Waals surface area contributed by atoms with Gasteiger partial charge in [0, 0.05) is 4.47 Å². The van der Waals surface area contributed by atoms with Gasteiger partial charge in [0.15, 0.2) is 9.84 Å². The summed E-state index contributed by atoms with van der Waals surface area (Å²) in [7, 11) is -4.39. The lowest BCUT2D eigenvalue weighted by Gasteiger charge is -2.19. The molecule has 2 aliphatic rings. The minimum absolute atomic E-state index is 0.0969. The number of rotatable bonds is 15. The van der Waals surface area contributed by atoms with Crippen LogP contribution in [0.25, 0.3) is 0 Å². The molecular formula is C30H44BrF3N2O5S. The molecule has 0 bridgehead atoms. The van der Waals surface area contributed by atoms with Crippen molar-refractivity contribution in [2.75, 3.05) is 6.54 Å². The first kappa shape index (κ1) is 36.5. The molecule has 2 saturated carbocycles. The number of aliphatic carboxylic acids is 1. The number of nitrogens with zero attached hydrogens (tertiary/aromatic N) is 1. The molecule has 2 N–H and O–H groups in total. The Morgan fingerprint density at radius 3 is 2.24 bits per heavy atom. The summed E-state index contributed by atoms with van der Waals surface area (Å²) in [5, 5.41) is 20.3. The third-order valence-electron chi connectivity index (χ3n) is 7.68. The number of carboxylic acids is 1. The predicted octanol–water partition coefficient (Wildman–Crippen LogP) is 7.67. The standard InChI is InChI=1S/C16H18BrF3O5S.C14H26N2/c1-8(2)25-13-7-10(6-11(13)15(21)22)26(23,24)14-4-3-9(17)5-12(14)16(18,19)20;1-2-3-4-5-6-7-8-9-12-16-14(13-15)10-11-14/h3-5,8,10-11,13H,6-7H2,1-2H3,(H,21,22);16H,2-12H2,1H3/t10-,11-,13-;/m0./s1. The van der Waals surface area contributed by atoms with Crippen LogP contribution >= 0.6 is 15.9 Å². The summed E-state index contributed by atoms with van der Waals surface area (Å²) in [4.78, 5) is 10.6. The van der Waals surface area contributed by atoms with Crippen LogP contribution in [-0.2, 0) is 25.5 Å². The fourth-order valence-corrected chi connectivity index (χ4v) is 7.52. The van der Waals surface area contributed by atoms with E-state index in [1.807, 2.05) is 0 Å². The summed E-state index contributed by atoms with van der Waals surface area (Å²) < 4.78 is 71.2. The second kappa shape index (κ2) is 16.4. The maximum Gasteiger partial charge on any atom is 0.417 e. The molecule has 7 nitrogen and oxygen atoms in total. The lowest BCUT2D eigenvalue weighted by Crippen LogP contribution is -2.30. The average Bonchev–Trinajstić information content (AvgIpc) is 3.56. The van der Waals surface area contributed by atoms with Crippen molar-refractivity contribution in [2.24, 2.45) is 5.92 Å². The van der Waals surface area contributed by atoms with Crippen LogP contribution in [0.15, 0.2) is 27.6 Å². The molecule has 0 aromatic heterocycles. The second-order valence-electron chi connectivity index (χ2n) is 11.5. The number of hydrogen-bond acceptors (Lipinski definition) is 6. The van der Waals surface area contributed by atoms with Crippen LogP contribution in [0.1, 0.15) is 103 Å². The van der Waals surface area contributed by atoms with Crippen molar-refractivity contribution in [1.82, 2.24) is 5.32 Å². The van der Waals surface area contributed by atoms with Gasteiger partial charge < -0.3 is 9.84 Å². The van der Waals surface area contributed by atoms with E-state index in [2.05, 4.69) is 34.2 Å². The van der Waals surface area contributed by atoms with E-state index in [4.69, 9.17) is 10.00 Å². The number of nitrogens with one attached hydrogen (secondary N) is 1. The number of nitriles is 1. The van der Waals surface area contributed by atoms with Crippen LogP contribution in [0, 0.1) is 17.2 Å². The fourth-order valence-electron chi connectivity index (χ4n) is 5.16. The van der Waals surface area contributed by atoms with Gasteiger partial charge in [-0.1, -0.05) is 67.8 Å². The summed E-state index contributed by atoms with van der Waals surface area (Å²) in [6, 6.07) is 5.19. The zero-order valence-electron chi connectivity index (χ0n) is 24.7. The van der Waals surface area contributed by atoms with E-state index >= 15 is 0 Å². The van der Waals surface area contributed by atoms with E-state index in [9.17, 15) is 31.5 Å². The fraction of sp³-hybridized carbons (Fsp3) is 0.733. The number of carbonyl (C=O) groups is 1. The second-order valence-corrected chi connectivity index (χ2v) is 14.7. The highest BCUT2D eigenvalue weighted by molar-refractivity contribution is 9.10. The Balaban J connectivity index is 0.000000330. The van der Waals surface area contributed by atoms with Gasteiger partial charge in [-0.15, -0.1) is 0 Å². The van der Waals surface area contributed by atoms with Crippen molar-refractivity contribution in [1.29, 1.82) is 5.26 Å². The first-order valence-corrected chi connectivity index (χ1v) is 17.2. The number of unbranched alkanes of at least 4 members (excludes halogenated alkanes) is 7. The van der Waals surface area contributed by atoms with E-state index in [0.717, 1.165) is 25.5 Å². The third-order valence-corrected chi connectivity index (χ3v) is 10.4. The summed E-state index contributed by atoms with van der Waals surface area (Å²) in [6.45, 7) is 6.64. The number of sulfone groups is 1. The van der Waals surface area contributed by atoms with Gasteiger partial charge in [0.25, 0.3) is 0 Å². The first-order chi connectivity index (χ1) is 19.7. The Kier molecular flexibility index (Phi) is 14.3. The first-order valence-electron chi connectivity index (χ1n) is 14.8. The quantitative estimate of drug-likeness (QED) is 0.183. The van der Waals surface area contributed by atoms with Crippen LogP contribution in [0.2, 0.25) is 0 Å². The number of benzene rings is 1. The number of ether oxygens (including phenoxy) is 1. The van der Waals surface area contributed by atoms with Crippen molar-refractivity contribution in [3.63, 3.8) is 0 Å². The lowest BCUT2D eigenvalue weighted by molar-refractivity contribution is -0.147. The van der Waals surface area contributed by atoms with Crippen LogP contribution in [0.3, 0.4) is 0 Å². The molecule has 3 rings (SSSR count). The van der Waals surface area contributed by atoms with E-state index in [0.29, 0.717) is 6.07 Å². The molecule has 0 heterocycles. The normalized spacial score (nSPS) is 21.5. The van der Waals surface area contributed by atoms with E-state index in [1.54, 1.807) is 13.8 Å². The predicted molar refractivity (Wildman–Crippen MR) is 159 cm³/mol. The Labute approximate surface area is 256 Å². The Hall–Kier alpha value is -1.68. The monoisotopic (exact) mass is 680 g/mol. The van der Waals surface area contributed by atoms with Gasteiger partial charge in [0.2, 0.25) is 0 Å². The molecule has 42 heavy (non-hydrogen) atoms. The third kappa shape index (κ3) is 11.1. The molecule has 1 aromatic carbocycles. The Bertz CT molecular complexity index is 1170. The molecule has 2 fully saturated rings. The molecule has 0 unspecified atom stereocenters. The molecule has 0 spiro atoms. The number of carboxylic acid groups (broad SMARTS) is 1. The van der Waals surface area contributed by atoms with Crippen LogP contribution in [-0.4, -0.2) is 49.0 Å². The summed E-state index contributed by atoms with van der Waals surface area (Å²) in [5.41, 5.74) is -1.38. The van der Waals surface area contributed by atoms with Gasteiger partial charge in [-0.2, -0.15) is 18.4 Å². The molecule has 238 valence electrons. The lowest BCUT2D eigenvalue weighted by atomic mass is 10.1. The largest absolute Gasteiger partial charge is 0.481 e. The Morgan fingerprint density at radius 1 is 1.14 bits per heavy atom. The van der Waals surface area contributed by atoms with Gasteiger partial charge in [-0.3, -0.25) is 10.1 Å². The molecule has 0 aliphatic heterocycles. The minimum atomic E-state index is -4.86. The Morgan fingerprint density at radius 2 is 1.74 bits per heavy atom. The highest BCUT2D eigenvalue weighted by Crippen LogP contribution is 2.41. The highest BCUT2D eigenvalue weighted by atomic mass is 79.9. The summed E-state index contributed by atoms with van der Waals surface area (Å²) >= 11 is 2.91. The summed E-state index contributed by atoms with van der Waals surface area (Å²) in [5.74, 6) is -2.30. The van der Waals surface area contributed by atoms with Gasteiger partial charge in [0.05, 0.1) is 39.9 Å². The summed E-state index contributed by atoms with van der Waals surface area (Å²) in [6.07, 6.45) is 6.46. The molecule has 2 aliphatic carbocycles. The van der Waals surface area contributed by atoms with Crippen molar-refractivity contribution in [2.45, 2.75) is 132 Å². The molecule has 0 radical (unpaired) electrons. The molecule has 3 atom stereocenters. The molecule has 0 amide bonds. The number of hydrogen-bond donors (Lipinski definition) is 2. The smallest absolute Gasteiger partial charge is 0.417 e. The average molecular weight is 682 g/mol. The van der Waals surface area contributed by atoms with E-state index in [1.165, 1.54) is 57.4 Å². The van der Waals surface area contributed by atoms with Crippen molar-refractivity contribution in [3.8, 4) is 6.07 Å². The van der Waals surface area contributed by atoms with Crippen molar-refractivity contribution < 1.29 is 36.2 Å². The zero-order valence-corrected chi connectivity index (χ0v) is 27.1. The molecular weight excluding hydrogens is 637 g/mol. The maximum atomic E-state index is 13.3. The van der Waals surface area contributed by atoms with Crippen LogP contribution < -0.4 is 5.32 Å². The SMILES string of the molecule is CC(C)O[C@H]1C[C@@H](S(=O)(=O)c2ccc(Br)cc2C(F)(F)F)C[C@@H]1C(=O)O.CCCCCCCCCCNC1(C#N)CC1. The maximum absolute atomic E-state index is 13.3. The molecule has 12 heteroatoms. The number of alkyl halides is 3. The topological polar surface area (TPSA) is 116 Å². The van der Waals surface area contributed by atoms with Gasteiger partial charge in [0.1, 0.15) is 5.54 Å². The van der Waals surface area contributed by atoms with Crippen LogP contribution in [0.4, 0.5) is 13.2 Å².